The molecule has 17 heavy (non-hydrogen) atoms. The van der Waals surface area contributed by atoms with Crippen molar-refractivity contribution in [2.75, 3.05) is 20.3 Å². The van der Waals surface area contributed by atoms with E-state index < -0.39 is 0 Å². The largest absolute Gasteiger partial charge is 0.497 e. The fraction of sp³-hybridized carbons (Fsp3) is 0.417. The van der Waals surface area contributed by atoms with Crippen molar-refractivity contribution in [3.05, 3.63) is 23.0 Å². The first-order valence-corrected chi connectivity index (χ1v) is 6.01. The Kier molecular flexibility index (Phi) is 3.81. The monoisotopic (exact) mass is 252 g/mol. The standard InChI is InChI=1S/C12H16N2O2S/c1-3-16-7-6-14-11-8-9(15-2)4-5-10(11)13-12(14)17/h4-5,8H,3,6-7H2,1-2H3,(H,13,17). The molecule has 0 bridgehead atoms. The predicted octanol–water partition coefficient (Wildman–Crippen LogP) is 2.74. The lowest BCUT2D eigenvalue weighted by Crippen LogP contribution is -2.05. The van der Waals surface area contributed by atoms with Crippen LogP contribution in [0, 0.1) is 4.77 Å². The molecule has 0 radical (unpaired) electrons. The van der Waals surface area contributed by atoms with Crippen LogP contribution in [0.1, 0.15) is 6.92 Å². The average molecular weight is 252 g/mol. The van der Waals surface area contributed by atoms with Crippen LogP contribution in [-0.2, 0) is 11.3 Å². The molecule has 0 atom stereocenters. The molecule has 0 aliphatic heterocycles. The van der Waals surface area contributed by atoms with E-state index in [4.69, 9.17) is 21.7 Å². The molecule has 0 saturated heterocycles. The summed E-state index contributed by atoms with van der Waals surface area (Å²) in [7, 11) is 1.66. The number of H-pyrrole nitrogens is 1. The molecule has 92 valence electrons. The van der Waals surface area contributed by atoms with Gasteiger partial charge in [-0.05, 0) is 31.3 Å². The number of rotatable bonds is 5. The van der Waals surface area contributed by atoms with E-state index in [-0.39, 0.29) is 0 Å². The smallest absolute Gasteiger partial charge is 0.178 e. The molecule has 2 rings (SSSR count). The zero-order valence-electron chi connectivity index (χ0n) is 10.0. The van der Waals surface area contributed by atoms with Crippen LogP contribution in [0.25, 0.3) is 11.0 Å². The second-order valence-corrected chi connectivity index (χ2v) is 4.05. The van der Waals surface area contributed by atoms with E-state index in [2.05, 4.69) is 4.98 Å². The lowest BCUT2D eigenvalue weighted by Gasteiger charge is -2.05. The second-order valence-electron chi connectivity index (χ2n) is 3.66. The predicted molar refractivity (Wildman–Crippen MR) is 70.2 cm³/mol. The molecule has 1 heterocycles. The molecular formula is C12H16N2O2S. The van der Waals surface area contributed by atoms with E-state index in [9.17, 15) is 0 Å². The second kappa shape index (κ2) is 5.33. The zero-order chi connectivity index (χ0) is 12.3. The lowest BCUT2D eigenvalue weighted by atomic mass is 10.3. The first-order chi connectivity index (χ1) is 8.26. The average Bonchev–Trinajstić information content (AvgIpc) is 2.65. The third kappa shape index (κ3) is 2.50. The molecule has 0 fully saturated rings. The number of ether oxygens (including phenoxy) is 2. The van der Waals surface area contributed by atoms with Crippen molar-refractivity contribution in [1.82, 2.24) is 9.55 Å². The van der Waals surface area contributed by atoms with E-state index >= 15 is 0 Å². The molecule has 1 N–H and O–H groups in total. The third-order valence-electron chi connectivity index (χ3n) is 2.65. The SMILES string of the molecule is CCOCCn1c(=S)[nH]c2ccc(OC)cc21. The van der Waals surface area contributed by atoms with E-state index in [0.717, 1.165) is 29.9 Å². The molecule has 4 nitrogen and oxygen atoms in total. The number of aromatic amines is 1. The fourth-order valence-electron chi connectivity index (χ4n) is 1.78. The van der Waals surface area contributed by atoms with Gasteiger partial charge in [0.05, 0.1) is 24.8 Å². The van der Waals surface area contributed by atoms with E-state index in [1.807, 2.05) is 29.7 Å². The van der Waals surface area contributed by atoms with Crippen molar-refractivity contribution in [2.24, 2.45) is 0 Å². The van der Waals surface area contributed by atoms with Crippen LogP contribution in [0.3, 0.4) is 0 Å². The molecule has 2 aromatic rings. The van der Waals surface area contributed by atoms with Crippen molar-refractivity contribution in [2.45, 2.75) is 13.5 Å². The summed E-state index contributed by atoms with van der Waals surface area (Å²) in [5.74, 6) is 0.830. The molecule has 0 saturated carbocycles. The van der Waals surface area contributed by atoms with E-state index in [1.54, 1.807) is 7.11 Å². The Hall–Kier alpha value is -1.33. The first kappa shape index (κ1) is 12.1. The van der Waals surface area contributed by atoms with Gasteiger partial charge >= 0.3 is 0 Å². The summed E-state index contributed by atoms with van der Waals surface area (Å²) < 4.78 is 13.3. The Morgan fingerprint density at radius 3 is 2.94 bits per heavy atom. The van der Waals surface area contributed by atoms with Gasteiger partial charge in [-0.15, -0.1) is 0 Å². The Morgan fingerprint density at radius 1 is 1.41 bits per heavy atom. The molecule has 1 aromatic carbocycles. The summed E-state index contributed by atoms with van der Waals surface area (Å²) in [6, 6.07) is 5.87. The fourth-order valence-corrected chi connectivity index (χ4v) is 2.08. The Labute approximate surface area is 105 Å². The number of nitrogens with zero attached hydrogens (tertiary/aromatic N) is 1. The number of fused-ring (bicyclic) bond motifs is 1. The van der Waals surface area contributed by atoms with Crippen molar-refractivity contribution >= 4 is 23.3 Å². The minimum atomic E-state index is 0.662. The van der Waals surface area contributed by atoms with Gasteiger partial charge in [0.15, 0.2) is 4.77 Å². The molecule has 0 spiro atoms. The maximum Gasteiger partial charge on any atom is 0.178 e. The normalized spacial score (nSPS) is 10.9. The highest BCUT2D eigenvalue weighted by Gasteiger charge is 2.05. The van der Waals surface area contributed by atoms with Crippen LogP contribution in [0.4, 0.5) is 0 Å². The van der Waals surface area contributed by atoms with Crippen LogP contribution in [0.15, 0.2) is 18.2 Å². The maximum absolute atomic E-state index is 5.36. The molecule has 5 heteroatoms. The van der Waals surface area contributed by atoms with Gasteiger partial charge in [0.25, 0.3) is 0 Å². The topological polar surface area (TPSA) is 39.2 Å². The Morgan fingerprint density at radius 2 is 2.24 bits per heavy atom. The van der Waals surface area contributed by atoms with Crippen molar-refractivity contribution < 1.29 is 9.47 Å². The minimum absolute atomic E-state index is 0.662. The van der Waals surface area contributed by atoms with Crippen LogP contribution >= 0.6 is 12.2 Å². The molecule has 0 aliphatic rings. The van der Waals surface area contributed by atoms with Gasteiger partial charge in [-0.3, -0.25) is 0 Å². The van der Waals surface area contributed by atoms with Gasteiger partial charge in [-0.2, -0.15) is 0 Å². The van der Waals surface area contributed by atoms with Crippen molar-refractivity contribution in [1.29, 1.82) is 0 Å². The molecule has 0 aliphatic carbocycles. The van der Waals surface area contributed by atoms with Crippen LogP contribution in [-0.4, -0.2) is 29.9 Å². The van der Waals surface area contributed by atoms with Gasteiger partial charge in [0, 0.05) is 19.2 Å². The molecule has 1 aromatic heterocycles. The van der Waals surface area contributed by atoms with Gasteiger partial charge in [0.2, 0.25) is 0 Å². The van der Waals surface area contributed by atoms with Gasteiger partial charge < -0.3 is 19.0 Å². The highest BCUT2D eigenvalue weighted by Crippen LogP contribution is 2.20. The summed E-state index contributed by atoms with van der Waals surface area (Å²) in [5.41, 5.74) is 2.07. The summed E-state index contributed by atoms with van der Waals surface area (Å²) in [6.45, 7) is 4.12. The summed E-state index contributed by atoms with van der Waals surface area (Å²) in [5, 5.41) is 0. The van der Waals surface area contributed by atoms with Gasteiger partial charge in [-0.1, -0.05) is 0 Å². The van der Waals surface area contributed by atoms with Crippen LogP contribution in [0.2, 0.25) is 0 Å². The highest BCUT2D eigenvalue weighted by molar-refractivity contribution is 7.71. The number of methoxy groups -OCH3 is 1. The number of hydrogen-bond acceptors (Lipinski definition) is 3. The lowest BCUT2D eigenvalue weighted by molar-refractivity contribution is 0.139. The first-order valence-electron chi connectivity index (χ1n) is 5.60. The van der Waals surface area contributed by atoms with E-state index in [1.165, 1.54) is 0 Å². The number of hydrogen-bond donors (Lipinski definition) is 1. The summed E-state index contributed by atoms with van der Waals surface area (Å²) in [4.78, 5) is 3.17. The van der Waals surface area contributed by atoms with Crippen LogP contribution in [0.5, 0.6) is 5.75 Å². The quantitative estimate of drug-likeness (QED) is 0.657. The number of imidazole rings is 1. The third-order valence-corrected chi connectivity index (χ3v) is 2.97. The summed E-state index contributed by atoms with van der Waals surface area (Å²) in [6.07, 6.45) is 0. The minimum Gasteiger partial charge on any atom is -0.497 e. The molecular weight excluding hydrogens is 236 g/mol. The number of nitrogens with one attached hydrogen (secondary N) is 1. The van der Waals surface area contributed by atoms with E-state index in [0.29, 0.717) is 11.4 Å². The number of benzene rings is 1. The molecule has 0 unspecified atom stereocenters. The van der Waals surface area contributed by atoms with Crippen molar-refractivity contribution in [3.8, 4) is 5.75 Å². The van der Waals surface area contributed by atoms with Crippen LogP contribution < -0.4 is 4.74 Å². The van der Waals surface area contributed by atoms with Gasteiger partial charge in [0.1, 0.15) is 5.75 Å². The number of aromatic nitrogens is 2. The summed E-state index contributed by atoms with van der Waals surface area (Å²) >= 11 is 5.29. The Balaban J connectivity index is 2.38. The Bertz CT molecular complexity index is 559. The zero-order valence-corrected chi connectivity index (χ0v) is 10.8. The highest BCUT2D eigenvalue weighted by atomic mass is 32.1. The van der Waals surface area contributed by atoms with Gasteiger partial charge in [-0.25, -0.2) is 0 Å². The maximum atomic E-state index is 5.36. The molecule has 0 amide bonds. The van der Waals surface area contributed by atoms with Crippen molar-refractivity contribution in [3.63, 3.8) is 0 Å².